The van der Waals surface area contributed by atoms with Gasteiger partial charge in [-0.2, -0.15) is 0 Å². The van der Waals surface area contributed by atoms with E-state index in [0.717, 1.165) is 16.8 Å². The number of carbonyl (C=O) groups is 2. The number of nitrogens with zero attached hydrogens (tertiary/aromatic N) is 1. The molecule has 3 rings (SSSR count). The van der Waals surface area contributed by atoms with Gasteiger partial charge in [-0.05, 0) is 12.8 Å². The summed E-state index contributed by atoms with van der Waals surface area (Å²) in [5.74, 6) is -0.335. The van der Waals surface area contributed by atoms with E-state index in [1.54, 1.807) is 11.7 Å². The summed E-state index contributed by atoms with van der Waals surface area (Å²) < 4.78 is 0. The molecule has 2 amide bonds. The molecule has 0 saturated carbocycles. The van der Waals surface area contributed by atoms with Crippen LogP contribution in [0.25, 0.3) is 10.3 Å². The van der Waals surface area contributed by atoms with E-state index in [0.29, 0.717) is 18.5 Å². The summed E-state index contributed by atoms with van der Waals surface area (Å²) >= 11 is 1.41. The fraction of sp³-hybridized carbons (Fsp3) is 0.364. The SMILES string of the molecule is O=C(NC1CCCNC1=O)c1csc2nc[nH]c12. The maximum absolute atomic E-state index is 12.1. The Hall–Kier alpha value is -1.89. The zero-order valence-corrected chi connectivity index (χ0v) is 10.3. The van der Waals surface area contributed by atoms with Gasteiger partial charge in [0.05, 0.1) is 17.4 Å². The van der Waals surface area contributed by atoms with Crippen LogP contribution >= 0.6 is 11.3 Å². The standard InChI is InChI=1S/C11H12N4O2S/c16-9(15-7-2-1-3-12-10(7)17)6-4-18-11-8(6)13-5-14-11/h4-5,7H,1-3H2,(H,12,17)(H,13,14)(H,15,16). The van der Waals surface area contributed by atoms with Crippen LogP contribution < -0.4 is 10.6 Å². The number of nitrogens with one attached hydrogen (secondary N) is 3. The summed E-state index contributed by atoms with van der Waals surface area (Å²) in [6, 6.07) is -0.427. The van der Waals surface area contributed by atoms with Gasteiger partial charge in [0.25, 0.3) is 5.91 Å². The third-order valence-corrected chi connectivity index (χ3v) is 3.88. The monoisotopic (exact) mass is 264 g/mol. The molecule has 18 heavy (non-hydrogen) atoms. The fourth-order valence-electron chi connectivity index (χ4n) is 2.05. The summed E-state index contributed by atoms with van der Waals surface area (Å²) in [7, 11) is 0. The van der Waals surface area contributed by atoms with Crippen molar-refractivity contribution < 1.29 is 9.59 Å². The molecular weight excluding hydrogens is 252 g/mol. The summed E-state index contributed by atoms with van der Waals surface area (Å²) in [6.45, 7) is 0.689. The molecule has 3 heterocycles. The Morgan fingerprint density at radius 2 is 2.44 bits per heavy atom. The zero-order valence-electron chi connectivity index (χ0n) is 9.53. The molecule has 0 radical (unpaired) electrons. The average Bonchev–Trinajstić information content (AvgIpc) is 2.93. The Bertz CT molecular complexity index is 603. The number of aromatic nitrogens is 2. The van der Waals surface area contributed by atoms with Crippen LogP contribution in [-0.4, -0.2) is 34.4 Å². The average molecular weight is 264 g/mol. The molecule has 2 aromatic heterocycles. The quantitative estimate of drug-likeness (QED) is 0.743. The largest absolute Gasteiger partial charge is 0.354 e. The molecule has 1 unspecified atom stereocenters. The van der Waals surface area contributed by atoms with E-state index >= 15 is 0 Å². The molecule has 1 aliphatic heterocycles. The van der Waals surface area contributed by atoms with Gasteiger partial charge >= 0.3 is 0 Å². The maximum Gasteiger partial charge on any atom is 0.254 e. The zero-order chi connectivity index (χ0) is 12.5. The minimum atomic E-state index is -0.427. The summed E-state index contributed by atoms with van der Waals surface area (Å²) in [5, 5.41) is 7.26. The molecule has 1 aliphatic rings. The number of hydrogen-bond donors (Lipinski definition) is 3. The van der Waals surface area contributed by atoms with Crippen molar-refractivity contribution in [1.82, 2.24) is 20.6 Å². The highest BCUT2D eigenvalue weighted by atomic mass is 32.1. The van der Waals surface area contributed by atoms with E-state index in [4.69, 9.17) is 0 Å². The van der Waals surface area contributed by atoms with E-state index in [1.807, 2.05) is 0 Å². The normalized spacial score (nSPS) is 19.8. The Morgan fingerprint density at radius 3 is 3.28 bits per heavy atom. The van der Waals surface area contributed by atoms with Gasteiger partial charge in [0.1, 0.15) is 10.9 Å². The maximum atomic E-state index is 12.1. The van der Waals surface area contributed by atoms with Crippen LogP contribution in [0.4, 0.5) is 0 Å². The Morgan fingerprint density at radius 1 is 1.56 bits per heavy atom. The first-order valence-corrected chi connectivity index (χ1v) is 6.63. The number of thiophene rings is 1. The number of fused-ring (bicyclic) bond motifs is 1. The van der Waals surface area contributed by atoms with Crippen molar-refractivity contribution in [3.05, 3.63) is 17.3 Å². The van der Waals surface area contributed by atoms with Gasteiger partial charge in [-0.3, -0.25) is 9.59 Å². The number of amides is 2. The topological polar surface area (TPSA) is 86.9 Å². The van der Waals surface area contributed by atoms with E-state index in [-0.39, 0.29) is 11.8 Å². The predicted molar refractivity (Wildman–Crippen MR) is 67.5 cm³/mol. The highest BCUT2D eigenvalue weighted by Crippen LogP contribution is 2.22. The molecule has 7 heteroatoms. The van der Waals surface area contributed by atoms with Gasteiger partial charge < -0.3 is 15.6 Å². The number of aromatic amines is 1. The first-order valence-electron chi connectivity index (χ1n) is 5.75. The first-order chi connectivity index (χ1) is 8.75. The first kappa shape index (κ1) is 11.2. The van der Waals surface area contributed by atoms with Gasteiger partial charge in [0, 0.05) is 11.9 Å². The van der Waals surface area contributed by atoms with Crippen LogP contribution in [0.15, 0.2) is 11.7 Å². The van der Waals surface area contributed by atoms with Crippen LogP contribution in [0, 0.1) is 0 Å². The van der Waals surface area contributed by atoms with Crippen molar-refractivity contribution in [2.75, 3.05) is 6.54 Å². The third-order valence-electron chi connectivity index (χ3n) is 3.00. The molecule has 94 valence electrons. The number of hydrogen-bond acceptors (Lipinski definition) is 4. The molecular formula is C11H12N4O2S. The van der Waals surface area contributed by atoms with Crippen LogP contribution in [0.5, 0.6) is 0 Å². The van der Waals surface area contributed by atoms with E-state index < -0.39 is 6.04 Å². The van der Waals surface area contributed by atoms with Crippen molar-refractivity contribution in [2.45, 2.75) is 18.9 Å². The van der Waals surface area contributed by atoms with Gasteiger partial charge in [0.2, 0.25) is 5.91 Å². The molecule has 1 saturated heterocycles. The summed E-state index contributed by atoms with van der Waals surface area (Å²) in [6.07, 6.45) is 3.14. The van der Waals surface area contributed by atoms with Gasteiger partial charge in [-0.25, -0.2) is 4.98 Å². The van der Waals surface area contributed by atoms with Crippen LogP contribution in [0.1, 0.15) is 23.2 Å². The molecule has 0 aliphatic carbocycles. The Labute approximate surface area is 107 Å². The molecule has 2 aromatic rings. The number of piperidine rings is 1. The van der Waals surface area contributed by atoms with Gasteiger partial charge in [-0.1, -0.05) is 0 Å². The van der Waals surface area contributed by atoms with Crippen molar-refractivity contribution in [1.29, 1.82) is 0 Å². The van der Waals surface area contributed by atoms with Crippen LogP contribution in [0.3, 0.4) is 0 Å². The predicted octanol–water partition coefficient (Wildman–Crippen LogP) is 0.633. The molecule has 6 nitrogen and oxygen atoms in total. The molecule has 0 bridgehead atoms. The van der Waals surface area contributed by atoms with Crippen LogP contribution in [-0.2, 0) is 4.79 Å². The number of rotatable bonds is 2. The number of imidazole rings is 1. The minimum Gasteiger partial charge on any atom is -0.354 e. The fourth-order valence-corrected chi connectivity index (χ4v) is 2.91. The lowest BCUT2D eigenvalue weighted by Gasteiger charge is -2.22. The highest BCUT2D eigenvalue weighted by Gasteiger charge is 2.25. The van der Waals surface area contributed by atoms with Crippen molar-refractivity contribution >= 4 is 33.5 Å². The minimum absolute atomic E-state index is 0.106. The summed E-state index contributed by atoms with van der Waals surface area (Å²) in [4.78, 5) is 31.5. The summed E-state index contributed by atoms with van der Waals surface area (Å²) in [5.41, 5.74) is 1.28. The van der Waals surface area contributed by atoms with Gasteiger partial charge in [0.15, 0.2) is 0 Å². The molecule has 0 spiro atoms. The second-order valence-corrected chi connectivity index (χ2v) is 5.05. The molecule has 1 atom stereocenters. The van der Waals surface area contributed by atoms with Crippen molar-refractivity contribution in [2.24, 2.45) is 0 Å². The van der Waals surface area contributed by atoms with Gasteiger partial charge in [-0.15, -0.1) is 11.3 Å². The smallest absolute Gasteiger partial charge is 0.254 e. The number of H-pyrrole nitrogens is 1. The second-order valence-electron chi connectivity index (χ2n) is 4.19. The second kappa shape index (κ2) is 4.41. The van der Waals surface area contributed by atoms with E-state index in [2.05, 4.69) is 20.6 Å². The highest BCUT2D eigenvalue weighted by molar-refractivity contribution is 7.17. The molecule has 1 fully saturated rings. The van der Waals surface area contributed by atoms with E-state index in [9.17, 15) is 9.59 Å². The molecule has 3 N–H and O–H groups in total. The van der Waals surface area contributed by atoms with Crippen molar-refractivity contribution in [3.63, 3.8) is 0 Å². The third kappa shape index (κ3) is 1.86. The lowest BCUT2D eigenvalue weighted by molar-refractivity contribution is -0.124. The lowest BCUT2D eigenvalue weighted by atomic mass is 10.1. The number of carbonyl (C=O) groups excluding carboxylic acids is 2. The Kier molecular flexibility index (Phi) is 2.75. The van der Waals surface area contributed by atoms with E-state index in [1.165, 1.54) is 11.3 Å². The lowest BCUT2D eigenvalue weighted by Crippen LogP contribution is -2.50. The Balaban J connectivity index is 1.79. The van der Waals surface area contributed by atoms with Crippen LogP contribution in [0.2, 0.25) is 0 Å². The van der Waals surface area contributed by atoms with Crippen molar-refractivity contribution in [3.8, 4) is 0 Å². The molecule has 0 aromatic carbocycles.